The van der Waals surface area contributed by atoms with Crippen molar-refractivity contribution in [3.8, 4) is 0 Å². The summed E-state index contributed by atoms with van der Waals surface area (Å²) in [5.74, 6) is -0.928. The number of hydrogen-bond donors (Lipinski definition) is 0. The molecule has 0 saturated heterocycles. The molecule has 0 aliphatic rings. The van der Waals surface area contributed by atoms with Gasteiger partial charge in [0.25, 0.3) is 0 Å². The van der Waals surface area contributed by atoms with Gasteiger partial charge >= 0.3 is 11.9 Å². The third-order valence-electron chi connectivity index (χ3n) is 6.27. The van der Waals surface area contributed by atoms with Crippen LogP contribution in [0.3, 0.4) is 0 Å². The first-order chi connectivity index (χ1) is 17.2. The number of hydrogen-bond acceptors (Lipinski definition) is 4. The number of esters is 2. The molecule has 0 aliphatic carbocycles. The number of unbranched alkanes of at least 4 members (excludes halogenated alkanes) is 14. The Morgan fingerprint density at radius 2 is 1.03 bits per heavy atom. The molecule has 1 aromatic carbocycles. The lowest BCUT2D eigenvalue weighted by atomic mass is 10.0. The van der Waals surface area contributed by atoms with E-state index in [1.54, 1.807) is 24.3 Å². The molecule has 0 amide bonds. The van der Waals surface area contributed by atoms with Crippen LogP contribution in [0.5, 0.6) is 0 Å². The molecule has 1 aromatic rings. The largest absolute Gasteiger partial charge is 0.462 e. The van der Waals surface area contributed by atoms with Gasteiger partial charge in [0.2, 0.25) is 0 Å². The highest BCUT2D eigenvalue weighted by Gasteiger charge is 2.18. The standard InChI is InChI=1S/C31H50O4/c1-3-5-7-9-10-11-12-13-14-15-16-17-18-19-23-27-35-31(33)29-25-21-20-24-28(29)30(32)34-26-22-8-6-4-2/h6,8,20-21,24-25H,3-5,7,9-19,22-23,26-27H2,1-2H3/b8-6-. The average Bonchev–Trinajstić information content (AvgIpc) is 2.88. The van der Waals surface area contributed by atoms with E-state index in [0.29, 0.717) is 19.6 Å². The number of benzene rings is 1. The predicted molar refractivity (Wildman–Crippen MR) is 146 cm³/mol. The van der Waals surface area contributed by atoms with Crippen LogP contribution in [0.4, 0.5) is 0 Å². The van der Waals surface area contributed by atoms with E-state index < -0.39 is 11.9 Å². The molecule has 0 fully saturated rings. The number of carbonyl (C=O) groups is 2. The van der Waals surface area contributed by atoms with Gasteiger partial charge in [0, 0.05) is 0 Å². The van der Waals surface area contributed by atoms with E-state index >= 15 is 0 Å². The summed E-state index contributed by atoms with van der Waals surface area (Å²) in [6, 6.07) is 6.72. The van der Waals surface area contributed by atoms with Crippen LogP contribution in [-0.2, 0) is 9.47 Å². The lowest BCUT2D eigenvalue weighted by Gasteiger charge is -2.09. The van der Waals surface area contributed by atoms with Crippen LogP contribution in [0.15, 0.2) is 36.4 Å². The number of ether oxygens (including phenoxy) is 2. The van der Waals surface area contributed by atoms with E-state index in [2.05, 4.69) is 13.8 Å². The van der Waals surface area contributed by atoms with Crippen molar-refractivity contribution in [2.75, 3.05) is 13.2 Å². The Morgan fingerprint density at radius 1 is 0.600 bits per heavy atom. The smallest absolute Gasteiger partial charge is 0.339 e. The van der Waals surface area contributed by atoms with E-state index in [-0.39, 0.29) is 11.1 Å². The molecule has 0 heterocycles. The Kier molecular flexibility index (Phi) is 19.8. The predicted octanol–water partition coefficient (Wildman–Crippen LogP) is 9.23. The van der Waals surface area contributed by atoms with Crippen LogP contribution in [0.2, 0.25) is 0 Å². The summed E-state index contributed by atoms with van der Waals surface area (Å²) in [6.45, 7) is 5.02. The van der Waals surface area contributed by atoms with E-state index in [1.807, 2.05) is 12.2 Å². The summed E-state index contributed by atoms with van der Waals surface area (Å²) >= 11 is 0. The molecule has 4 nitrogen and oxygen atoms in total. The first kappa shape index (κ1) is 30.9. The van der Waals surface area contributed by atoms with Crippen LogP contribution in [0, 0.1) is 0 Å². The zero-order chi connectivity index (χ0) is 25.4. The molecule has 0 aromatic heterocycles. The van der Waals surface area contributed by atoms with Gasteiger partial charge in [-0.1, -0.05) is 128 Å². The van der Waals surface area contributed by atoms with Gasteiger partial charge in [-0.2, -0.15) is 0 Å². The molecule has 198 valence electrons. The van der Waals surface area contributed by atoms with E-state index in [9.17, 15) is 9.59 Å². The molecule has 0 aliphatic heterocycles. The summed E-state index contributed by atoms with van der Waals surface area (Å²) in [5, 5.41) is 0. The van der Waals surface area contributed by atoms with Gasteiger partial charge in [-0.15, -0.1) is 0 Å². The zero-order valence-electron chi connectivity index (χ0n) is 22.5. The van der Waals surface area contributed by atoms with Crippen LogP contribution >= 0.6 is 0 Å². The maximum Gasteiger partial charge on any atom is 0.339 e. The zero-order valence-corrected chi connectivity index (χ0v) is 22.5. The normalized spacial score (nSPS) is 11.1. The molecule has 0 N–H and O–H groups in total. The minimum absolute atomic E-state index is 0.272. The molecule has 0 unspecified atom stereocenters. The second kappa shape index (κ2) is 22.4. The first-order valence-electron chi connectivity index (χ1n) is 14.3. The minimum Gasteiger partial charge on any atom is -0.462 e. The molecule has 1 rings (SSSR count). The van der Waals surface area contributed by atoms with Crippen molar-refractivity contribution in [1.82, 2.24) is 0 Å². The van der Waals surface area contributed by atoms with Gasteiger partial charge in [0.1, 0.15) is 0 Å². The van der Waals surface area contributed by atoms with Crippen LogP contribution in [-0.4, -0.2) is 25.2 Å². The van der Waals surface area contributed by atoms with Crippen molar-refractivity contribution in [2.24, 2.45) is 0 Å². The summed E-state index contributed by atoms with van der Waals surface area (Å²) in [4.78, 5) is 24.9. The molecular weight excluding hydrogens is 436 g/mol. The Bertz CT molecular complexity index is 695. The van der Waals surface area contributed by atoms with Gasteiger partial charge in [-0.3, -0.25) is 0 Å². The van der Waals surface area contributed by atoms with Gasteiger partial charge in [0.15, 0.2) is 0 Å². The summed E-state index contributed by atoms with van der Waals surface area (Å²) in [6.07, 6.45) is 25.2. The van der Waals surface area contributed by atoms with Crippen molar-refractivity contribution in [2.45, 2.75) is 123 Å². The van der Waals surface area contributed by atoms with Crippen molar-refractivity contribution in [3.63, 3.8) is 0 Å². The third kappa shape index (κ3) is 16.2. The fourth-order valence-electron chi connectivity index (χ4n) is 4.14. The van der Waals surface area contributed by atoms with E-state index in [0.717, 1.165) is 19.3 Å². The maximum atomic E-state index is 12.5. The summed E-state index contributed by atoms with van der Waals surface area (Å²) < 4.78 is 10.7. The fourth-order valence-corrected chi connectivity index (χ4v) is 4.14. The van der Waals surface area contributed by atoms with Gasteiger partial charge in [0.05, 0.1) is 24.3 Å². The highest BCUT2D eigenvalue weighted by Crippen LogP contribution is 2.15. The number of carbonyl (C=O) groups excluding carboxylic acids is 2. The topological polar surface area (TPSA) is 52.6 Å². The third-order valence-corrected chi connectivity index (χ3v) is 6.27. The molecule has 0 saturated carbocycles. The Labute approximate surface area is 214 Å². The first-order valence-corrected chi connectivity index (χ1v) is 14.3. The maximum absolute atomic E-state index is 12.5. The molecule has 0 spiro atoms. The average molecular weight is 487 g/mol. The second-order valence-corrected chi connectivity index (χ2v) is 9.44. The van der Waals surface area contributed by atoms with Crippen molar-refractivity contribution in [3.05, 3.63) is 47.5 Å². The molecule has 35 heavy (non-hydrogen) atoms. The number of allylic oxidation sites excluding steroid dienone is 1. The minimum atomic E-state index is -0.477. The molecule has 0 radical (unpaired) electrons. The second-order valence-electron chi connectivity index (χ2n) is 9.44. The van der Waals surface area contributed by atoms with Gasteiger partial charge in [-0.25, -0.2) is 9.59 Å². The van der Waals surface area contributed by atoms with Gasteiger partial charge < -0.3 is 9.47 Å². The highest BCUT2D eigenvalue weighted by molar-refractivity contribution is 6.03. The monoisotopic (exact) mass is 486 g/mol. The molecule has 4 heteroatoms. The highest BCUT2D eigenvalue weighted by atomic mass is 16.5. The van der Waals surface area contributed by atoms with Crippen LogP contribution in [0.1, 0.15) is 144 Å². The van der Waals surface area contributed by atoms with Crippen molar-refractivity contribution < 1.29 is 19.1 Å². The molecule has 0 bridgehead atoms. The van der Waals surface area contributed by atoms with E-state index in [4.69, 9.17) is 9.47 Å². The Hall–Kier alpha value is -2.10. The quantitative estimate of drug-likeness (QED) is 0.0931. The van der Waals surface area contributed by atoms with Crippen molar-refractivity contribution in [1.29, 1.82) is 0 Å². The fraction of sp³-hybridized carbons (Fsp3) is 0.677. The SMILES string of the molecule is CC/C=C\CCOC(=O)c1ccccc1C(=O)OCCCCCCCCCCCCCCCCC. The lowest BCUT2D eigenvalue weighted by molar-refractivity contribution is 0.0457. The Morgan fingerprint density at radius 3 is 1.49 bits per heavy atom. The van der Waals surface area contributed by atoms with Crippen molar-refractivity contribution >= 4 is 11.9 Å². The van der Waals surface area contributed by atoms with Gasteiger partial charge in [-0.05, 0) is 31.4 Å². The Balaban J connectivity index is 2.08. The summed E-state index contributed by atoms with van der Waals surface area (Å²) in [5.41, 5.74) is 0.552. The van der Waals surface area contributed by atoms with Crippen LogP contribution < -0.4 is 0 Å². The molecule has 0 atom stereocenters. The van der Waals surface area contributed by atoms with E-state index in [1.165, 1.54) is 83.5 Å². The summed E-state index contributed by atoms with van der Waals surface area (Å²) in [7, 11) is 0. The molecular formula is C31H50O4. The van der Waals surface area contributed by atoms with Crippen LogP contribution in [0.25, 0.3) is 0 Å². The lowest BCUT2D eigenvalue weighted by Crippen LogP contribution is -2.14. The number of rotatable bonds is 22.